The first-order valence-corrected chi connectivity index (χ1v) is 10.1. The molecule has 0 spiro atoms. The highest BCUT2D eigenvalue weighted by atomic mass is 16.5. The molecule has 1 aromatic heterocycles. The van der Waals surface area contributed by atoms with Crippen LogP contribution in [0.2, 0.25) is 0 Å². The number of aryl methyl sites for hydroxylation is 2. The molecule has 3 rings (SSSR count). The van der Waals surface area contributed by atoms with Crippen molar-refractivity contribution in [2.75, 3.05) is 17.3 Å². The van der Waals surface area contributed by atoms with Crippen molar-refractivity contribution in [2.24, 2.45) is 0 Å². The van der Waals surface area contributed by atoms with Crippen LogP contribution in [0.1, 0.15) is 35.6 Å². The highest BCUT2D eigenvalue weighted by Crippen LogP contribution is 2.24. The van der Waals surface area contributed by atoms with E-state index in [2.05, 4.69) is 10.7 Å². The van der Waals surface area contributed by atoms with Crippen molar-refractivity contribution in [3.05, 3.63) is 77.6 Å². The van der Waals surface area contributed by atoms with Gasteiger partial charge in [0.15, 0.2) is 6.10 Å². The summed E-state index contributed by atoms with van der Waals surface area (Å²) in [5.74, 6) is 0.569. The molecule has 0 saturated heterocycles. The van der Waals surface area contributed by atoms with Gasteiger partial charge in [0.2, 0.25) is 0 Å². The van der Waals surface area contributed by atoms with Crippen molar-refractivity contribution in [3.63, 3.8) is 0 Å². The zero-order chi connectivity index (χ0) is 22.4. The van der Waals surface area contributed by atoms with Gasteiger partial charge in [-0.25, -0.2) is 0 Å². The van der Waals surface area contributed by atoms with Gasteiger partial charge in [0, 0.05) is 17.0 Å². The minimum Gasteiger partial charge on any atom is -0.492 e. The molecule has 2 aromatic carbocycles. The second kappa shape index (κ2) is 9.84. The van der Waals surface area contributed by atoms with E-state index in [1.807, 2.05) is 45.0 Å². The normalized spacial score (nSPS) is 11.5. The first-order chi connectivity index (χ1) is 14.9. The molecule has 0 saturated carbocycles. The van der Waals surface area contributed by atoms with Crippen molar-refractivity contribution < 1.29 is 19.1 Å². The van der Waals surface area contributed by atoms with Crippen molar-refractivity contribution in [2.45, 2.75) is 33.8 Å². The number of ether oxygens (including phenoxy) is 2. The van der Waals surface area contributed by atoms with Crippen molar-refractivity contribution in [3.8, 4) is 11.5 Å². The number of anilines is 1. The van der Waals surface area contributed by atoms with Gasteiger partial charge in [-0.05, 0) is 76.2 Å². The first kappa shape index (κ1) is 22.0. The zero-order valence-electron chi connectivity index (χ0n) is 18.1. The number of carbonyl (C=O) groups is 2. The summed E-state index contributed by atoms with van der Waals surface area (Å²) in [6.45, 7) is 7.89. The molecule has 3 aromatic rings. The van der Waals surface area contributed by atoms with Crippen molar-refractivity contribution in [1.82, 2.24) is 4.68 Å². The predicted molar refractivity (Wildman–Crippen MR) is 120 cm³/mol. The molecule has 0 fully saturated rings. The van der Waals surface area contributed by atoms with Crippen LogP contribution in [-0.4, -0.2) is 29.2 Å². The maximum absolute atomic E-state index is 12.5. The van der Waals surface area contributed by atoms with Crippen LogP contribution in [0.15, 0.2) is 60.7 Å². The fraction of sp³-hybridized carbons (Fsp3) is 0.250. The van der Waals surface area contributed by atoms with Crippen LogP contribution < -0.4 is 20.2 Å². The van der Waals surface area contributed by atoms with Gasteiger partial charge < -0.3 is 14.8 Å². The third-order valence-corrected chi connectivity index (χ3v) is 4.73. The van der Waals surface area contributed by atoms with Gasteiger partial charge in [-0.3, -0.25) is 19.7 Å². The Morgan fingerprint density at radius 3 is 2.26 bits per heavy atom. The van der Waals surface area contributed by atoms with Gasteiger partial charge in [-0.15, -0.1) is 0 Å². The Kier molecular flexibility index (Phi) is 6.97. The molecular formula is C24H27N3O4. The van der Waals surface area contributed by atoms with Crippen LogP contribution in [0.3, 0.4) is 0 Å². The summed E-state index contributed by atoms with van der Waals surface area (Å²) in [6.07, 6.45) is -0.737. The van der Waals surface area contributed by atoms with Crippen molar-refractivity contribution >= 4 is 17.5 Å². The number of nitrogens with one attached hydrogen (secondary N) is 2. The number of para-hydroxylation sites is 2. The Labute approximate surface area is 182 Å². The predicted octanol–water partition coefficient (Wildman–Crippen LogP) is 4.29. The molecule has 7 nitrogen and oxygen atoms in total. The number of aromatic nitrogens is 1. The molecule has 0 aliphatic heterocycles. The van der Waals surface area contributed by atoms with E-state index in [9.17, 15) is 9.59 Å². The summed E-state index contributed by atoms with van der Waals surface area (Å²) in [5.41, 5.74) is 5.82. The first-order valence-electron chi connectivity index (χ1n) is 10.1. The SMILES string of the molecule is CCOc1ccccc1NC(=O)[C@@H](C)Oc1ccc(C(=O)Nn2c(C)ccc2C)cc1. The molecular weight excluding hydrogens is 394 g/mol. The van der Waals surface area contributed by atoms with E-state index in [0.29, 0.717) is 29.4 Å². The van der Waals surface area contributed by atoms with E-state index >= 15 is 0 Å². The summed E-state index contributed by atoms with van der Waals surface area (Å²) in [5, 5.41) is 2.82. The Morgan fingerprint density at radius 1 is 0.968 bits per heavy atom. The van der Waals surface area contributed by atoms with E-state index in [1.54, 1.807) is 48.0 Å². The highest BCUT2D eigenvalue weighted by molar-refractivity contribution is 6.00. The van der Waals surface area contributed by atoms with Crippen LogP contribution in [0.5, 0.6) is 11.5 Å². The molecule has 31 heavy (non-hydrogen) atoms. The Bertz CT molecular complexity index is 1040. The average Bonchev–Trinajstić information content (AvgIpc) is 3.07. The Balaban J connectivity index is 1.60. The van der Waals surface area contributed by atoms with E-state index < -0.39 is 6.10 Å². The molecule has 0 unspecified atom stereocenters. The number of benzene rings is 2. The topological polar surface area (TPSA) is 81.6 Å². The molecule has 0 radical (unpaired) electrons. The number of hydrogen-bond acceptors (Lipinski definition) is 4. The van der Waals surface area contributed by atoms with Gasteiger partial charge >= 0.3 is 0 Å². The smallest absolute Gasteiger partial charge is 0.270 e. The monoisotopic (exact) mass is 421 g/mol. The Morgan fingerprint density at radius 2 is 1.61 bits per heavy atom. The number of carbonyl (C=O) groups excluding carboxylic acids is 2. The van der Waals surface area contributed by atoms with E-state index in [-0.39, 0.29) is 11.8 Å². The standard InChI is InChI=1S/C24H27N3O4/c1-5-30-22-9-7-6-8-21(22)25-23(28)18(4)31-20-14-12-19(13-15-20)24(29)26-27-16(2)10-11-17(27)3/h6-15,18H,5H2,1-4H3,(H,25,28)(H,26,29)/t18-/m1/s1. The molecule has 2 N–H and O–H groups in total. The second-order valence-electron chi connectivity index (χ2n) is 7.10. The number of nitrogens with zero attached hydrogens (tertiary/aromatic N) is 1. The van der Waals surface area contributed by atoms with Crippen LogP contribution in [0.4, 0.5) is 5.69 Å². The lowest BCUT2D eigenvalue weighted by atomic mass is 10.2. The third kappa shape index (κ3) is 5.45. The fourth-order valence-corrected chi connectivity index (χ4v) is 3.04. The molecule has 0 aliphatic rings. The van der Waals surface area contributed by atoms with E-state index in [0.717, 1.165) is 11.4 Å². The zero-order valence-corrected chi connectivity index (χ0v) is 18.1. The summed E-state index contributed by atoms with van der Waals surface area (Å²) in [4.78, 5) is 25.0. The van der Waals surface area contributed by atoms with E-state index in [1.165, 1.54) is 0 Å². The lowest BCUT2D eigenvalue weighted by Gasteiger charge is -2.17. The number of hydrogen-bond donors (Lipinski definition) is 2. The molecule has 162 valence electrons. The van der Waals surface area contributed by atoms with Gasteiger partial charge in [0.05, 0.1) is 12.3 Å². The fourth-order valence-electron chi connectivity index (χ4n) is 3.04. The number of amides is 2. The summed E-state index contributed by atoms with van der Waals surface area (Å²) >= 11 is 0. The lowest BCUT2D eigenvalue weighted by molar-refractivity contribution is -0.122. The van der Waals surface area contributed by atoms with Gasteiger partial charge in [0.1, 0.15) is 11.5 Å². The molecule has 0 bridgehead atoms. The maximum Gasteiger partial charge on any atom is 0.270 e. The largest absolute Gasteiger partial charge is 0.492 e. The number of rotatable bonds is 8. The molecule has 1 heterocycles. The lowest BCUT2D eigenvalue weighted by Crippen LogP contribution is -2.30. The van der Waals surface area contributed by atoms with Gasteiger partial charge in [-0.2, -0.15) is 0 Å². The third-order valence-electron chi connectivity index (χ3n) is 4.73. The molecule has 0 aliphatic carbocycles. The minimum atomic E-state index is -0.737. The molecule has 7 heteroatoms. The summed E-state index contributed by atoms with van der Waals surface area (Å²) in [7, 11) is 0. The van der Waals surface area contributed by atoms with Crippen LogP contribution in [0, 0.1) is 13.8 Å². The molecule has 2 amide bonds. The quantitative estimate of drug-likeness (QED) is 0.568. The summed E-state index contributed by atoms with van der Waals surface area (Å²) in [6, 6.07) is 17.8. The van der Waals surface area contributed by atoms with Crippen LogP contribution >= 0.6 is 0 Å². The second-order valence-corrected chi connectivity index (χ2v) is 7.10. The minimum absolute atomic E-state index is 0.229. The molecule has 1 atom stereocenters. The summed E-state index contributed by atoms with van der Waals surface area (Å²) < 4.78 is 13.0. The van der Waals surface area contributed by atoms with Crippen molar-refractivity contribution in [1.29, 1.82) is 0 Å². The highest BCUT2D eigenvalue weighted by Gasteiger charge is 2.17. The maximum atomic E-state index is 12.5. The average molecular weight is 421 g/mol. The van der Waals surface area contributed by atoms with E-state index in [4.69, 9.17) is 9.47 Å². The van der Waals surface area contributed by atoms with Gasteiger partial charge in [-0.1, -0.05) is 12.1 Å². The van der Waals surface area contributed by atoms with Gasteiger partial charge in [0.25, 0.3) is 11.8 Å². The van der Waals surface area contributed by atoms with Crippen LogP contribution in [0.25, 0.3) is 0 Å². The van der Waals surface area contributed by atoms with Crippen LogP contribution in [-0.2, 0) is 4.79 Å². The Hall–Kier alpha value is -3.74.